The first-order valence-corrected chi connectivity index (χ1v) is 8.05. The van der Waals surface area contributed by atoms with E-state index in [0.29, 0.717) is 0 Å². The number of hydrogen-bond donors (Lipinski definition) is 2. The molecule has 2 heterocycles. The molecule has 4 rings (SSSR count). The van der Waals surface area contributed by atoms with Crippen LogP contribution in [0.25, 0.3) is 22.3 Å². The first kappa shape index (κ1) is 15.2. The quantitative estimate of drug-likeness (QED) is 0.585. The average molecular weight is 330 g/mol. The van der Waals surface area contributed by atoms with Gasteiger partial charge in [0.25, 0.3) is 0 Å². The molecule has 0 aliphatic rings. The van der Waals surface area contributed by atoms with Gasteiger partial charge in [-0.25, -0.2) is 9.97 Å². The van der Waals surface area contributed by atoms with Crippen molar-refractivity contribution < 1.29 is 5.11 Å². The van der Waals surface area contributed by atoms with E-state index in [9.17, 15) is 5.11 Å². The van der Waals surface area contributed by atoms with Crippen molar-refractivity contribution in [3.63, 3.8) is 0 Å². The van der Waals surface area contributed by atoms with E-state index < -0.39 is 0 Å². The summed E-state index contributed by atoms with van der Waals surface area (Å²) in [5, 5.41) is 13.8. The van der Waals surface area contributed by atoms with E-state index in [2.05, 4.69) is 40.4 Å². The predicted molar refractivity (Wildman–Crippen MR) is 100 cm³/mol. The molecule has 0 spiro atoms. The maximum absolute atomic E-state index is 9.50. The van der Waals surface area contributed by atoms with Crippen molar-refractivity contribution in [2.75, 3.05) is 5.32 Å². The van der Waals surface area contributed by atoms with Gasteiger partial charge in [0.15, 0.2) is 0 Å². The Morgan fingerprint density at radius 1 is 0.960 bits per heavy atom. The summed E-state index contributed by atoms with van der Waals surface area (Å²) < 4.78 is 2.03. The van der Waals surface area contributed by atoms with Crippen LogP contribution in [0.1, 0.15) is 5.56 Å². The van der Waals surface area contributed by atoms with Gasteiger partial charge in [0.2, 0.25) is 0 Å². The molecule has 0 atom stereocenters. The molecule has 0 saturated heterocycles. The summed E-state index contributed by atoms with van der Waals surface area (Å²) >= 11 is 0. The van der Waals surface area contributed by atoms with Gasteiger partial charge in [-0.3, -0.25) is 0 Å². The predicted octanol–water partition coefficient (Wildman–Crippen LogP) is 4.39. The Labute approximate surface area is 145 Å². The standard InChI is InChI=1S/C20H18N4O/c1-13-3-7-15(8-4-13)23-19-17-11-18(14-5-9-16(25)10-6-14)24(2)20(17)22-12-21-19/h3-12,25H,1-2H3,(H,21,22,23). The van der Waals surface area contributed by atoms with Gasteiger partial charge >= 0.3 is 0 Å². The third-order valence-electron chi connectivity index (χ3n) is 4.30. The molecular weight excluding hydrogens is 312 g/mol. The van der Waals surface area contributed by atoms with Gasteiger partial charge in [0.05, 0.1) is 11.1 Å². The summed E-state index contributed by atoms with van der Waals surface area (Å²) in [6, 6.07) is 17.4. The number of benzene rings is 2. The Morgan fingerprint density at radius 2 is 1.68 bits per heavy atom. The van der Waals surface area contributed by atoms with E-state index in [4.69, 9.17) is 0 Å². The number of phenolic OH excluding ortho intramolecular Hbond substituents is 1. The minimum absolute atomic E-state index is 0.254. The zero-order chi connectivity index (χ0) is 17.4. The van der Waals surface area contributed by atoms with E-state index in [-0.39, 0.29) is 5.75 Å². The zero-order valence-corrected chi connectivity index (χ0v) is 14.1. The van der Waals surface area contributed by atoms with Crippen LogP contribution >= 0.6 is 0 Å². The number of nitrogens with one attached hydrogen (secondary N) is 1. The first-order valence-electron chi connectivity index (χ1n) is 8.05. The van der Waals surface area contributed by atoms with Crippen molar-refractivity contribution in [2.45, 2.75) is 6.92 Å². The number of aromatic nitrogens is 3. The van der Waals surface area contributed by atoms with Crippen molar-refractivity contribution in [1.82, 2.24) is 14.5 Å². The Bertz CT molecular complexity index is 1030. The maximum atomic E-state index is 9.50. The molecule has 0 radical (unpaired) electrons. The van der Waals surface area contributed by atoms with E-state index in [1.807, 2.05) is 35.9 Å². The van der Waals surface area contributed by atoms with Crippen molar-refractivity contribution in [3.8, 4) is 17.0 Å². The summed E-state index contributed by atoms with van der Waals surface area (Å²) in [5.74, 6) is 1.03. The van der Waals surface area contributed by atoms with Gasteiger partial charge in [-0.2, -0.15) is 0 Å². The first-order chi connectivity index (χ1) is 12.1. The minimum atomic E-state index is 0.254. The van der Waals surface area contributed by atoms with Crippen LogP contribution < -0.4 is 5.32 Å². The monoisotopic (exact) mass is 330 g/mol. The Balaban J connectivity index is 1.80. The molecule has 0 aliphatic carbocycles. The molecule has 0 amide bonds. The van der Waals surface area contributed by atoms with Gasteiger partial charge in [0, 0.05) is 12.7 Å². The summed E-state index contributed by atoms with van der Waals surface area (Å²) in [6.45, 7) is 2.06. The minimum Gasteiger partial charge on any atom is -0.508 e. The van der Waals surface area contributed by atoms with Gasteiger partial charge in [0.1, 0.15) is 23.5 Å². The van der Waals surface area contributed by atoms with Crippen LogP contribution in [-0.2, 0) is 7.05 Å². The molecule has 2 N–H and O–H groups in total. The fourth-order valence-corrected chi connectivity index (χ4v) is 2.92. The van der Waals surface area contributed by atoms with Crippen LogP contribution in [-0.4, -0.2) is 19.6 Å². The Kier molecular flexibility index (Phi) is 3.61. The van der Waals surface area contributed by atoms with Gasteiger partial charge in [-0.15, -0.1) is 0 Å². The van der Waals surface area contributed by atoms with Crippen LogP contribution in [0.3, 0.4) is 0 Å². The summed E-state index contributed by atoms with van der Waals surface area (Å²) in [4.78, 5) is 8.83. The normalized spacial score (nSPS) is 11.0. The average Bonchev–Trinajstić information content (AvgIpc) is 2.96. The highest BCUT2D eigenvalue weighted by molar-refractivity contribution is 5.93. The third kappa shape index (κ3) is 2.80. The van der Waals surface area contributed by atoms with Gasteiger partial charge in [-0.1, -0.05) is 17.7 Å². The zero-order valence-electron chi connectivity index (χ0n) is 14.1. The van der Waals surface area contributed by atoms with Crippen molar-refractivity contribution in [3.05, 3.63) is 66.5 Å². The van der Waals surface area contributed by atoms with E-state index in [1.54, 1.807) is 18.5 Å². The smallest absolute Gasteiger partial charge is 0.145 e. The molecule has 4 aromatic rings. The highest BCUT2D eigenvalue weighted by Gasteiger charge is 2.13. The fourth-order valence-electron chi connectivity index (χ4n) is 2.92. The van der Waals surface area contributed by atoms with Crippen LogP contribution in [0.5, 0.6) is 5.75 Å². The number of aryl methyl sites for hydroxylation is 2. The lowest BCUT2D eigenvalue weighted by Gasteiger charge is -2.07. The van der Waals surface area contributed by atoms with Crippen LogP contribution in [0.15, 0.2) is 60.9 Å². The number of hydrogen-bond acceptors (Lipinski definition) is 4. The highest BCUT2D eigenvalue weighted by Crippen LogP contribution is 2.31. The molecule has 0 aliphatic heterocycles. The number of aromatic hydroxyl groups is 1. The second kappa shape index (κ2) is 5.94. The number of rotatable bonds is 3. The summed E-state index contributed by atoms with van der Waals surface area (Å²) in [7, 11) is 1.98. The SMILES string of the molecule is Cc1ccc(Nc2ncnc3c2cc(-c2ccc(O)cc2)n3C)cc1. The molecule has 2 aromatic carbocycles. The molecule has 124 valence electrons. The fraction of sp³-hybridized carbons (Fsp3) is 0.100. The number of phenols is 1. The molecule has 25 heavy (non-hydrogen) atoms. The van der Waals surface area contributed by atoms with E-state index in [1.165, 1.54) is 5.56 Å². The number of anilines is 2. The Morgan fingerprint density at radius 3 is 2.40 bits per heavy atom. The second-order valence-electron chi connectivity index (χ2n) is 6.09. The van der Waals surface area contributed by atoms with Gasteiger partial charge in [-0.05, 0) is 55.0 Å². The third-order valence-corrected chi connectivity index (χ3v) is 4.30. The number of fused-ring (bicyclic) bond motifs is 1. The lowest BCUT2D eigenvalue weighted by Crippen LogP contribution is -1.97. The Hall–Kier alpha value is -3.34. The van der Waals surface area contributed by atoms with Crippen LogP contribution in [0.2, 0.25) is 0 Å². The van der Waals surface area contributed by atoms with Crippen LogP contribution in [0.4, 0.5) is 11.5 Å². The molecule has 0 bridgehead atoms. The maximum Gasteiger partial charge on any atom is 0.145 e. The highest BCUT2D eigenvalue weighted by atomic mass is 16.3. The van der Waals surface area contributed by atoms with E-state index >= 15 is 0 Å². The lowest BCUT2D eigenvalue weighted by molar-refractivity contribution is 0.475. The molecule has 5 nitrogen and oxygen atoms in total. The second-order valence-corrected chi connectivity index (χ2v) is 6.09. The molecule has 2 aromatic heterocycles. The van der Waals surface area contributed by atoms with Crippen molar-refractivity contribution in [1.29, 1.82) is 0 Å². The molecule has 5 heteroatoms. The van der Waals surface area contributed by atoms with E-state index in [0.717, 1.165) is 33.8 Å². The van der Waals surface area contributed by atoms with Gasteiger partial charge < -0.3 is 15.0 Å². The van der Waals surface area contributed by atoms with Crippen molar-refractivity contribution in [2.24, 2.45) is 7.05 Å². The molecule has 0 unspecified atom stereocenters. The number of nitrogens with zero attached hydrogens (tertiary/aromatic N) is 3. The molecule has 0 saturated carbocycles. The lowest BCUT2D eigenvalue weighted by atomic mass is 10.1. The largest absolute Gasteiger partial charge is 0.508 e. The molecular formula is C20H18N4O. The van der Waals surface area contributed by atoms with Crippen molar-refractivity contribution >= 4 is 22.5 Å². The topological polar surface area (TPSA) is 63.0 Å². The van der Waals surface area contributed by atoms with Crippen LogP contribution in [0, 0.1) is 6.92 Å². The summed E-state index contributed by atoms with van der Waals surface area (Å²) in [5.41, 5.74) is 5.09. The summed E-state index contributed by atoms with van der Waals surface area (Å²) in [6.07, 6.45) is 1.57. The molecule has 0 fully saturated rings.